The minimum absolute atomic E-state index is 0.0121. The SMILES string of the molecule is COC(=O)c1cccc(S(=O)(=O)Nc2c(C)cccc2C)c1. The Hall–Kier alpha value is -2.34. The molecular weight excluding hydrogens is 302 g/mol. The zero-order valence-corrected chi connectivity index (χ0v) is 13.4. The molecule has 0 fully saturated rings. The van der Waals surface area contributed by atoms with Crippen LogP contribution in [0.5, 0.6) is 0 Å². The van der Waals surface area contributed by atoms with Gasteiger partial charge in [0, 0.05) is 0 Å². The predicted molar refractivity (Wildman–Crippen MR) is 84.5 cm³/mol. The summed E-state index contributed by atoms with van der Waals surface area (Å²) in [5, 5.41) is 0. The molecule has 1 N–H and O–H groups in total. The summed E-state index contributed by atoms with van der Waals surface area (Å²) in [6.45, 7) is 3.66. The fourth-order valence-corrected chi connectivity index (χ4v) is 3.33. The number of aryl methyl sites for hydroxylation is 2. The van der Waals surface area contributed by atoms with Crippen LogP contribution >= 0.6 is 0 Å². The molecule has 2 aromatic carbocycles. The topological polar surface area (TPSA) is 72.5 Å². The van der Waals surface area contributed by atoms with Crippen molar-refractivity contribution in [3.63, 3.8) is 0 Å². The zero-order chi connectivity index (χ0) is 16.3. The van der Waals surface area contributed by atoms with Gasteiger partial charge in [0.25, 0.3) is 10.0 Å². The minimum Gasteiger partial charge on any atom is -0.465 e. The molecule has 6 heteroatoms. The van der Waals surface area contributed by atoms with Crippen molar-refractivity contribution in [1.82, 2.24) is 0 Å². The lowest BCUT2D eigenvalue weighted by Gasteiger charge is -2.13. The first-order valence-corrected chi connectivity index (χ1v) is 8.11. The lowest BCUT2D eigenvalue weighted by atomic mass is 10.1. The molecule has 2 aromatic rings. The molecule has 0 unspecified atom stereocenters. The average molecular weight is 319 g/mol. The number of hydrogen-bond acceptors (Lipinski definition) is 4. The second-order valence-electron chi connectivity index (χ2n) is 4.89. The van der Waals surface area contributed by atoms with Crippen molar-refractivity contribution in [1.29, 1.82) is 0 Å². The Morgan fingerprint density at radius 3 is 2.23 bits per heavy atom. The summed E-state index contributed by atoms with van der Waals surface area (Å²) >= 11 is 0. The van der Waals surface area contributed by atoms with E-state index in [1.54, 1.807) is 0 Å². The smallest absolute Gasteiger partial charge is 0.337 e. The molecule has 0 bridgehead atoms. The Bertz CT molecular complexity index is 792. The van der Waals surface area contributed by atoms with Crippen molar-refractivity contribution in [3.8, 4) is 0 Å². The maximum Gasteiger partial charge on any atom is 0.337 e. The van der Waals surface area contributed by atoms with Crippen molar-refractivity contribution in [2.75, 3.05) is 11.8 Å². The Balaban J connectivity index is 2.41. The third kappa shape index (κ3) is 3.28. The number of esters is 1. The van der Waals surface area contributed by atoms with Crippen molar-refractivity contribution in [2.45, 2.75) is 18.7 Å². The lowest BCUT2D eigenvalue weighted by Crippen LogP contribution is -2.15. The van der Waals surface area contributed by atoms with Crippen LogP contribution in [0.3, 0.4) is 0 Å². The Morgan fingerprint density at radius 2 is 1.64 bits per heavy atom. The van der Waals surface area contributed by atoms with Gasteiger partial charge in [-0.2, -0.15) is 0 Å². The highest BCUT2D eigenvalue weighted by Gasteiger charge is 2.18. The normalized spacial score (nSPS) is 11.0. The quantitative estimate of drug-likeness (QED) is 0.880. The molecular formula is C16H17NO4S. The standard InChI is InChI=1S/C16H17NO4S/c1-11-6-4-7-12(2)15(11)17-22(19,20)14-9-5-8-13(10-14)16(18)21-3/h4-10,17H,1-3H3. The molecule has 2 rings (SSSR count). The highest BCUT2D eigenvalue weighted by Crippen LogP contribution is 2.23. The third-order valence-electron chi connectivity index (χ3n) is 3.28. The molecule has 0 atom stereocenters. The van der Waals surface area contributed by atoms with Gasteiger partial charge in [0.1, 0.15) is 0 Å². The number of ether oxygens (including phenoxy) is 1. The molecule has 0 saturated heterocycles. The summed E-state index contributed by atoms with van der Waals surface area (Å²) in [4.78, 5) is 11.5. The number of carbonyl (C=O) groups is 1. The molecule has 0 amide bonds. The van der Waals surface area contributed by atoms with Crippen LogP contribution < -0.4 is 4.72 Å². The van der Waals surface area contributed by atoms with Crippen LogP contribution in [0.2, 0.25) is 0 Å². The maximum atomic E-state index is 12.5. The molecule has 22 heavy (non-hydrogen) atoms. The van der Waals surface area contributed by atoms with Gasteiger partial charge in [-0.25, -0.2) is 13.2 Å². The van der Waals surface area contributed by atoms with E-state index in [1.807, 2.05) is 32.0 Å². The van der Waals surface area contributed by atoms with Crippen molar-refractivity contribution in [3.05, 3.63) is 59.2 Å². The van der Waals surface area contributed by atoms with E-state index in [9.17, 15) is 13.2 Å². The van der Waals surface area contributed by atoms with Gasteiger partial charge in [-0.1, -0.05) is 24.3 Å². The predicted octanol–water partition coefficient (Wildman–Crippen LogP) is 2.89. The Kier molecular flexibility index (Phi) is 4.51. The number of para-hydroxylation sites is 1. The molecule has 0 radical (unpaired) electrons. The number of benzene rings is 2. The van der Waals surface area contributed by atoms with E-state index in [0.717, 1.165) is 11.1 Å². The number of methoxy groups -OCH3 is 1. The van der Waals surface area contributed by atoms with Crippen molar-refractivity contribution < 1.29 is 17.9 Å². The van der Waals surface area contributed by atoms with Crippen molar-refractivity contribution >= 4 is 21.7 Å². The van der Waals surface area contributed by atoms with E-state index in [-0.39, 0.29) is 10.5 Å². The average Bonchev–Trinajstić information content (AvgIpc) is 2.50. The molecule has 5 nitrogen and oxygen atoms in total. The number of rotatable bonds is 4. The summed E-state index contributed by atoms with van der Waals surface area (Å²) in [5.74, 6) is -0.580. The number of nitrogens with one attached hydrogen (secondary N) is 1. The summed E-state index contributed by atoms with van der Waals surface area (Å²) < 4.78 is 32.2. The number of sulfonamides is 1. The second kappa shape index (κ2) is 6.19. The van der Waals surface area contributed by atoms with Crippen molar-refractivity contribution in [2.24, 2.45) is 0 Å². The van der Waals surface area contributed by atoms with Crippen LogP contribution in [0.15, 0.2) is 47.4 Å². The zero-order valence-electron chi connectivity index (χ0n) is 12.6. The van der Waals surface area contributed by atoms with Gasteiger partial charge in [-0.15, -0.1) is 0 Å². The number of carbonyl (C=O) groups excluding carboxylic acids is 1. The number of hydrogen-bond donors (Lipinski definition) is 1. The van der Waals surface area contributed by atoms with Crippen LogP contribution in [0.1, 0.15) is 21.5 Å². The summed E-state index contributed by atoms with van der Waals surface area (Å²) in [6, 6.07) is 11.3. The Morgan fingerprint density at radius 1 is 1.05 bits per heavy atom. The van der Waals surface area contributed by atoms with Gasteiger partial charge in [-0.05, 0) is 43.2 Å². The van der Waals surface area contributed by atoms with Gasteiger partial charge >= 0.3 is 5.97 Å². The summed E-state index contributed by atoms with van der Waals surface area (Å²) in [6.07, 6.45) is 0. The second-order valence-corrected chi connectivity index (χ2v) is 6.57. The van der Waals surface area contributed by atoms with E-state index in [4.69, 9.17) is 0 Å². The highest BCUT2D eigenvalue weighted by atomic mass is 32.2. The third-order valence-corrected chi connectivity index (χ3v) is 4.63. The van der Waals surface area contributed by atoms with Gasteiger partial charge in [0.05, 0.1) is 23.3 Å². The molecule has 0 spiro atoms. The van der Waals surface area contributed by atoms with Gasteiger partial charge in [0.15, 0.2) is 0 Å². The molecule has 0 aliphatic heterocycles. The first-order chi connectivity index (χ1) is 10.3. The van der Waals surface area contributed by atoms with E-state index >= 15 is 0 Å². The highest BCUT2D eigenvalue weighted by molar-refractivity contribution is 7.92. The van der Waals surface area contributed by atoms with Crippen LogP contribution in [-0.2, 0) is 14.8 Å². The van der Waals surface area contributed by atoms with Crippen LogP contribution in [0, 0.1) is 13.8 Å². The summed E-state index contributed by atoms with van der Waals surface area (Å²) in [7, 11) is -2.53. The fourth-order valence-electron chi connectivity index (χ4n) is 2.08. The lowest BCUT2D eigenvalue weighted by molar-refractivity contribution is 0.0600. The largest absolute Gasteiger partial charge is 0.465 e. The van der Waals surface area contributed by atoms with Crippen LogP contribution in [0.4, 0.5) is 5.69 Å². The van der Waals surface area contributed by atoms with E-state index in [0.29, 0.717) is 5.69 Å². The van der Waals surface area contributed by atoms with Crippen LogP contribution in [0.25, 0.3) is 0 Å². The molecule has 0 heterocycles. The van der Waals surface area contributed by atoms with E-state index < -0.39 is 16.0 Å². The molecule has 0 aliphatic carbocycles. The molecule has 116 valence electrons. The van der Waals surface area contributed by atoms with Crippen LogP contribution in [-0.4, -0.2) is 21.5 Å². The monoisotopic (exact) mass is 319 g/mol. The molecule has 0 saturated carbocycles. The first kappa shape index (κ1) is 16.0. The molecule has 0 aromatic heterocycles. The minimum atomic E-state index is -3.78. The molecule has 0 aliphatic rings. The first-order valence-electron chi connectivity index (χ1n) is 6.62. The van der Waals surface area contributed by atoms with Gasteiger partial charge < -0.3 is 4.74 Å². The van der Waals surface area contributed by atoms with Gasteiger partial charge in [0.2, 0.25) is 0 Å². The van der Waals surface area contributed by atoms with E-state index in [2.05, 4.69) is 9.46 Å². The Labute approximate surface area is 130 Å². The fraction of sp³-hybridized carbons (Fsp3) is 0.188. The van der Waals surface area contributed by atoms with Gasteiger partial charge in [-0.3, -0.25) is 4.72 Å². The maximum absolute atomic E-state index is 12.5. The number of anilines is 1. The van der Waals surface area contributed by atoms with E-state index in [1.165, 1.54) is 31.4 Å². The summed E-state index contributed by atoms with van der Waals surface area (Å²) in [5.41, 5.74) is 2.39.